The van der Waals surface area contributed by atoms with Gasteiger partial charge in [0.05, 0.1) is 0 Å². The summed E-state index contributed by atoms with van der Waals surface area (Å²) in [6, 6.07) is 0. The summed E-state index contributed by atoms with van der Waals surface area (Å²) < 4.78 is 0. The number of hydrogen-bond donors (Lipinski definition) is 0. The van der Waals surface area contributed by atoms with Crippen LogP contribution in [-0.2, 0) is 0 Å². The van der Waals surface area contributed by atoms with Crippen LogP contribution in [0.15, 0.2) is 0 Å². The summed E-state index contributed by atoms with van der Waals surface area (Å²) in [6.07, 6.45) is 0.685. The molecule has 10 heavy (non-hydrogen) atoms. The molecular weight excluding hydrogens is 153 g/mol. The molecule has 2 nitrogen and oxygen atoms in total. The van der Waals surface area contributed by atoms with E-state index < -0.39 is 6.10 Å². The van der Waals surface area contributed by atoms with Gasteiger partial charge in [-0.1, -0.05) is 13.8 Å². The summed E-state index contributed by atoms with van der Waals surface area (Å²) in [5.41, 5.74) is 0. The summed E-state index contributed by atoms with van der Waals surface area (Å²) >= 11 is 0. The summed E-state index contributed by atoms with van der Waals surface area (Å²) in [7, 11) is 1.98. The van der Waals surface area contributed by atoms with Gasteiger partial charge in [-0.05, 0) is 26.6 Å². The Morgan fingerprint density at radius 3 is 2.30 bits per heavy atom. The third-order valence-corrected chi connectivity index (χ3v) is 1.17. The molecule has 0 aromatic heterocycles. The van der Waals surface area contributed by atoms with Crippen LogP contribution in [0.1, 0.15) is 20.3 Å². The number of likely N-dealkylation sites (N-methyl/N-ethyl adjacent to an activating group) is 1. The molecule has 0 fully saturated rings. The van der Waals surface area contributed by atoms with Crippen molar-refractivity contribution in [2.45, 2.75) is 26.4 Å². The first-order valence-electron chi connectivity index (χ1n) is 3.51. The Morgan fingerprint density at radius 2 is 2.00 bits per heavy atom. The molecule has 3 heteroatoms. The largest absolute Gasteiger partial charge is 1.00 e. The minimum atomic E-state index is -0.443. The van der Waals surface area contributed by atoms with E-state index in [9.17, 15) is 5.11 Å². The average molecular weight is 169 g/mol. The van der Waals surface area contributed by atoms with Crippen molar-refractivity contribution in [3.05, 3.63) is 0 Å². The molecular formula is C7H16KNO. The fraction of sp³-hybridized carbons (Fsp3) is 1.00. The standard InChI is InChI=1S/C7H16NO.K/c1-4-5-8(3)6-7(2)9;/h7H,4-6H2,1-3H3;/q-1;+1. The topological polar surface area (TPSA) is 26.3 Å². The van der Waals surface area contributed by atoms with Gasteiger partial charge in [0.1, 0.15) is 0 Å². The Morgan fingerprint density at radius 1 is 1.50 bits per heavy atom. The Kier molecular flexibility index (Phi) is 12.2. The van der Waals surface area contributed by atoms with Crippen molar-refractivity contribution >= 4 is 0 Å². The van der Waals surface area contributed by atoms with E-state index in [-0.39, 0.29) is 51.4 Å². The van der Waals surface area contributed by atoms with Gasteiger partial charge < -0.3 is 10.0 Å². The van der Waals surface area contributed by atoms with E-state index in [0.29, 0.717) is 6.54 Å². The van der Waals surface area contributed by atoms with E-state index in [1.807, 2.05) is 7.05 Å². The van der Waals surface area contributed by atoms with Gasteiger partial charge in [-0.15, -0.1) is 6.10 Å². The van der Waals surface area contributed by atoms with Crippen LogP contribution in [0.4, 0.5) is 0 Å². The fourth-order valence-corrected chi connectivity index (χ4v) is 0.912. The maximum atomic E-state index is 10.6. The van der Waals surface area contributed by atoms with Crippen molar-refractivity contribution in [1.82, 2.24) is 4.90 Å². The maximum absolute atomic E-state index is 10.6. The Balaban J connectivity index is 0. The third-order valence-electron chi connectivity index (χ3n) is 1.17. The van der Waals surface area contributed by atoms with Crippen LogP contribution in [0.25, 0.3) is 0 Å². The molecule has 0 aliphatic carbocycles. The molecule has 0 radical (unpaired) electrons. The maximum Gasteiger partial charge on any atom is 1.00 e. The number of hydrogen-bond acceptors (Lipinski definition) is 2. The molecule has 1 atom stereocenters. The molecule has 0 N–H and O–H groups in total. The van der Waals surface area contributed by atoms with Gasteiger partial charge in [0.25, 0.3) is 0 Å². The van der Waals surface area contributed by atoms with Crippen LogP contribution in [0.3, 0.4) is 0 Å². The van der Waals surface area contributed by atoms with Crippen LogP contribution in [0.2, 0.25) is 0 Å². The van der Waals surface area contributed by atoms with E-state index in [4.69, 9.17) is 0 Å². The molecule has 0 aliphatic heterocycles. The molecule has 0 heterocycles. The quantitative estimate of drug-likeness (QED) is 0.422. The monoisotopic (exact) mass is 169 g/mol. The summed E-state index contributed by atoms with van der Waals surface area (Å²) in [5.74, 6) is 0. The Bertz CT molecular complexity index is 68.6. The van der Waals surface area contributed by atoms with E-state index in [1.165, 1.54) is 0 Å². The fourth-order valence-electron chi connectivity index (χ4n) is 0.912. The first-order valence-corrected chi connectivity index (χ1v) is 3.51. The first kappa shape index (κ1) is 14.1. The summed E-state index contributed by atoms with van der Waals surface area (Å²) in [6.45, 7) is 5.53. The second kappa shape index (κ2) is 8.65. The Labute approximate surface area is 106 Å². The molecule has 0 aromatic carbocycles. The van der Waals surface area contributed by atoms with Gasteiger partial charge in [0.15, 0.2) is 0 Å². The minimum Gasteiger partial charge on any atom is -0.851 e. The van der Waals surface area contributed by atoms with Gasteiger partial charge in [-0.2, -0.15) is 0 Å². The molecule has 0 amide bonds. The molecule has 0 saturated heterocycles. The van der Waals surface area contributed by atoms with Crippen molar-refractivity contribution in [3.63, 3.8) is 0 Å². The number of nitrogens with zero attached hydrogens (tertiary/aromatic N) is 1. The smallest absolute Gasteiger partial charge is 0.851 e. The van der Waals surface area contributed by atoms with Crippen molar-refractivity contribution < 1.29 is 56.5 Å². The SMILES string of the molecule is CCCN(C)CC(C)[O-].[K+]. The molecule has 0 saturated carbocycles. The Hall–Kier alpha value is 1.56. The van der Waals surface area contributed by atoms with Crippen LogP contribution in [-0.4, -0.2) is 31.1 Å². The van der Waals surface area contributed by atoms with E-state index in [1.54, 1.807) is 6.92 Å². The van der Waals surface area contributed by atoms with Crippen molar-refractivity contribution in [2.24, 2.45) is 0 Å². The predicted molar refractivity (Wildman–Crippen MR) is 37.2 cm³/mol. The van der Waals surface area contributed by atoms with Crippen LogP contribution >= 0.6 is 0 Å². The minimum absolute atomic E-state index is 0. The molecule has 56 valence electrons. The van der Waals surface area contributed by atoms with Crippen LogP contribution < -0.4 is 56.5 Å². The normalized spacial score (nSPS) is 12.9. The van der Waals surface area contributed by atoms with E-state index >= 15 is 0 Å². The van der Waals surface area contributed by atoms with Crippen LogP contribution in [0.5, 0.6) is 0 Å². The summed E-state index contributed by atoms with van der Waals surface area (Å²) in [5, 5.41) is 10.6. The van der Waals surface area contributed by atoms with Gasteiger partial charge in [0, 0.05) is 0 Å². The van der Waals surface area contributed by atoms with Crippen molar-refractivity contribution in [1.29, 1.82) is 0 Å². The van der Waals surface area contributed by atoms with Gasteiger partial charge in [-0.25, -0.2) is 0 Å². The molecule has 0 rings (SSSR count). The van der Waals surface area contributed by atoms with E-state index in [2.05, 4.69) is 11.8 Å². The van der Waals surface area contributed by atoms with Gasteiger partial charge in [-0.3, -0.25) is 0 Å². The van der Waals surface area contributed by atoms with Crippen molar-refractivity contribution in [2.75, 3.05) is 20.1 Å². The molecule has 1 unspecified atom stereocenters. The molecule has 0 aromatic rings. The second-order valence-corrected chi connectivity index (χ2v) is 2.57. The number of rotatable bonds is 4. The van der Waals surface area contributed by atoms with Crippen molar-refractivity contribution in [3.8, 4) is 0 Å². The first-order chi connectivity index (χ1) is 4.16. The average Bonchev–Trinajstić information content (AvgIpc) is 1.63. The summed E-state index contributed by atoms with van der Waals surface area (Å²) in [4.78, 5) is 2.07. The zero-order valence-electron chi connectivity index (χ0n) is 7.55. The molecule has 0 spiro atoms. The predicted octanol–water partition coefficient (Wildman–Crippen LogP) is -2.92. The van der Waals surface area contributed by atoms with Crippen LogP contribution in [0, 0.1) is 0 Å². The molecule has 0 aliphatic rings. The third kappa shape index (κ3) is 9.56. The van der Waals surface area contributed by atoms with Gasteiger partial charge in [0.2, 0.25) is 0 Å². The van der Waals surface area contributed by atoms with Gasteiger partial charge >= 0.3 is 51.4 Å². The zero-order valence-corrected chi connectivity index (χ0v) is 10.7. The molecule has 0 bridgehead atoms. The van der Waals surface area contributed by atoms with E-state index in [0.717, 1.165) is 13.0 Å². The second-order valence-electron chi connectivity index (χ2n) is 2.57. The zero-order chi connectivity index (χ0) is 7.28.